The van der Waals surface area contributed by atoms with Crippen molar-refractivity contribution in [3.05, 3.63) is 93.9 Å². The Morgan fingerprint density at radius 2 is 1.63 bits per heavy atom. The van der Waals surface area contributed by atoms with Crippen LogP contribution in [0.5, 0.6) is 0 Å². The number of amides is 1. The Labute approximate surface area is 233 Å². The molecule has 1 amide bonds. The molecule has 8 nitrogen and oxygen atoms in total. The Kier molecular flexibility index (Phi) is 6.61. The number of carbonyl (C=O) groups excluding carboxylic acids is 1. The number of imidazole rings is 1. The molecule has 1 fully saturated rings. The minimum atomic E-state index is -0.0303. The van der Waals surface area contributed by atoms with E-state index in [4.69, 9.17) is 39.8 Å². The van der Waals surface area contributed by atoms with E-state index >= 15 is 0 Å². The molecule has 4 heterocycles. The first kappa shape index (κ1) is 24.6. The van der Waals surface area contributed by atoms with Crippen LogP contribution in [0.25, 0.3) is 28.2 Å². The van der Waals surface area contributed by atoms with Crippen LogP contribution in [0.3, 0.4) is 0 Å². The summed E-state index contributed by atoms with van der Waals surface area (Å²) in [5, 5.41) is 1.63. The van der Waals surface area contributed by atoms with Gasteiger partial charge >= 0.3 is 0 Å². The van der Waals surface area contributed by atoms with Gasteiger partial charge in [-0.1, -0.05) is 34.8 Å². The van der Waals surface area contributed by atoms with Gasteiger partial charge in [-0.15, -0.1) is 0 Å². The molecule has 6 rings (SSSR count). The highest BCUT2D eigenvalue weighted by atomic mass is 35.5. The summed E-state index contributed by atoms with van der Waals surface area (Å²) in [7, 11) is 0. The molecule has 0 radical (unpaired) electrons. The fourth-order valence-electron chi connectivity index (χ4n) is 4.59. The van der Waals surface area contributed by atoms with Gasteiger partial charge in [0.15, 0.2) is 17.0 Å². The Hall–Kier alpha value is -3.72. The Morgan fingerprint density at radius 3 is 2.34 bits per heavy atom. The van der Waals surface area contributed by atoms with Crippen molar-refractivity contribution in [2.24, 2.45) is 0 Å². The molecule has 1 aliphatic rings. The standard InChI is InChI=1S/C27H20Cl3N7O/c28-18-3-6-20(7-4-18)37-24(21-8-5-19(29)14-22(21)30)34-23-25(32-16-33-26(23)37)35-10-12-36(13-11-35)27(38)17-2-1-9-31-15-17/h1-9,14-16H,10-13H2. The van der Waals surface area contributed by atoms with Crippen LogP contribution in [-0.2, 0) is 0 Å². The molecule has 0 aliphatic carbocycles. The first-order chi connectivity index (χ1) is 18.5. The van der Waals surface area contributed by atoms with Crippen LogP contribution in [0.15, 0.2) is 73.3 Å². The molecule has 3 aromatic heterocycles. The molecule has 2 aromatic carbocycles. The number of pyridine rings is 1. The fourth-order valence-corrected chi connectivity index (χ4v) is 5.21. The number of carbonyl (C=O) groups is 1. The van der Waals surface area contributed by atoms with E-state index in [9.17, 15) is 4.79 Å². The van der Waals surface area contributed by atoms with Gasteiger partial charge in [-0.25, -0.2) is 15.0 Å². The summed E-state index contributed by atoms with van der Waals surface area (Å²) in [6.07, 6.45) is 4.78. The molecule has 190 valence electrons. The van der Waals surface area contributed by atoms with Crippen LogP contribution in [0.2, 0.25) is 15.1 Å². The summed E-state index contributed by atoms with van der Waals surface area (Å²) in [5.74, 6) is 1.27. The number of fused-ring (bicyclic) bond motifs is 1. The van der Waals surface area contributed by atoms with Crippen LogP contribution >= 0.6 is 34.8 Å². The van der Waals surface area contributed by atoms with Crippen molar-refractivity contribution in [2.45, 2.75) is 0 Å². The zero-order chi connectivity index (χ0) is 26.2. The second-order valence-electron chi connectivity index (χ2n) is 8.76. The number of aromatic nitrogens is 5. The van der Waals surface area contributed by atoms with Gasteiger partial charge in [0.05, 0.1) is 10.6 Å². The Balaban J connectivity index is 1.40. The first-order valence-corrected chi connectivity index (χ1v) is 13.0. The van der Waals surface area contributed by atoms with Crippen LogP contribution in [0.4, 0.5) is 5.82 Å². The van der Waals surface area contributed by atoms with Crippen LogP contribution in [0, 0.1) is 0 Å². The lowest BCUT2D eigenvalue weighted by molar-refractivity contribution is 0.0746. The van der Waals surface area contributed by atoms with E-state index in [-0.39, 0.29) is 5.91 Å². The minimum absolute atomic E-state index is 0.0303. The number of hydrogen-bond donors (Lipinski definition) is 0. The van der Waals surface area contributed by atoms with Gasteiger partial charge in [-0.2, -0.15) is 0 Å². The summed E-state index contributed by atoms with van der Waals surface area (Å²) in [6, 6.07) is 16.3. The Morgan fingerprint density at radius 1 is 0.868 bits per heavy atom. The summed E-state index contributed by atoms with van der Waals surface area (Å²) in [6.45, 7) is 2.30. The highest BCUT2D eigenvalue weighted by molar-refractivity contribution is 6.36. The predicted molar refractivity (Wildman–Crippen MR) is 149 cm³/mol. The topological polar surface area (TPSA) is 80.0 Å². The van der Waals surface area contributed by atoms with Crippen molar-refractivity contribution in [3.63, 3.8) is 0 Å². The molecule has 11 heteroatoms. The molecule has 0 saturated carbocycles. The third-order valence-electron chi connectivity index (χ3n) is 6.46. The van der Waals surface area contributed by atoms with E-state index in [1.54, 1.807) is 36.7 Å². The monoisotopic (exact) mass is 563 g/mol. The van der Waals surface area contributed by atoms with Gasteiger partial charge in [0.1, 0.15) is 12.2 Å². The van der Waals surface area contributed by atoms with Gasteiger partial charge in [0.2, 0.25) is 0 Å². The van der Waals surface area contributed by atoms with Crippen molar-refractivity contribution in [2.75, 3.05) is 31.1 Å². The number of rotatable bonds is 4. The summed E-state index contributed by atoms with van der Waals surface area (Å²) < 4.78 is 1.94. The lowest BCUT2D eigenvalue weighted by Crippen LogP contribution is -2.49. The van der Waals surface area contributed by atoms with Crippen molar-refractivity contribution in [1.29, 1.82) is 0 Å². The molecule has 0 spiro atoms. The zero-order valence-corrected chi connectivity index (χ0v) is 22.2. The number of piperazine rings is 1. The fraction of sp³-hybridized carbons (Fsp3) is 0.148. The Bertz CT molecular complexity index is 1630. The second-order valence-corrected chi connectivity index (χ2v) is 10.0. The molecular weight excluding hydrogens is 545 g/mol. The summed E-state index contributed by atoms with van der Waals surface area (Å²) in [5.41, 5.74) is 3.38. The molecule has 0 atom stereocenters. The molecule has 38 heavy (non-hydrogen) atoms. The number of nitrogens with zero attached hydrogens (tertiary/aromatic N) is 7. The number of benzene rings is 2. The third-order valence-corrected chi connectivity index (χ3v) is 7.26. The van der Waals surface area contributed by atoms with Crippen LogP contribution < -0.4 is 4.90 Å². The van der Waals surface area contributed by atoms with Crippen LogP contribution in [0.1, 0.15) is 10.4 Å². The van der Waals surface area contributed by atoms with Crippen LogP contribution in [-0.4, -0.2) is 61.5 Å². The van der Waals surface area contributed by atoms with Crippen molar-refractivity contribution >= 4 is 57.7 Å². The third kappa shape index (κ3) is 4.55. The van der Waals surface area contributed by atoms with Gasteiger partial charge < -0.3 is 9.80 Å². The SMILES string of the molecule is O=C(c1cccnc1)N1CCN(c2ncnc3c2nc(-c2ccc(Cl)cc2Cl)n3-c2ccc(Cl)cc2)CC1. The average Bonchev–Trinajstić information content (AvgIpc) is 3.33. The van der Waals surface area contributed by atoms with Gasteiger partial charge in [0, 0.05) is 59.9 Å². The van der Waals surface area contributed by atoms with Crippen molar-refractivity contribution in [1.82, 2.24) is 29.4 Å². The first-order valence-electron chi connectivity index (χ1n) is 11.9. The lowest BCUT2D eigenvalue weighted by atomic mass is 10.2. The second kappa shape index (κ2) is 10.2. The smallest absolute Gasteiger partial charge is 0.255 e. The molecule has 1 saturated heterocycles. The molecule has 0 bridgehead atoms. The maximum absolute atomic E-state index is 12.9. The van der Waals surface area contributed by atoms with E-state index in [2.05, 4.69) is 19.9 Å². The minimum Gasteiger partial charge on any atom is -0.351 e. The molecule has 5 aromatic rings. The largest absolute Gasteiger partial charge is 0.351 e. The summed E-state index contributed by atoms with van der Waals surface area (Å²) in [4.78, 5) is 35.1. The molecular formula is C27H20Cl3N7O. The zero-order valence-electron chi connectivity index (χ0n) is 19.9. The number of hydrogen-bond acceptors (Lipinski definition) is 6. The van der Waals surface area contributed by atoms with Crippen molar-refractivity contribution < 1.29 is 4.79 Å². The average molecular weight is 565 g/mol. The van der Waals surface area contributed by atoms with E-state index in [1.165, 1.54) is 6.33 Å². The number of anilines is 1. The highest BCUT2D eigenvalue weighted by Crippen LogP contribution is 2.36. The molecule has 1 aliphatic heterocycles. The lowest BCUT2D eigenvalue weighted by Gasteiger charge is -2.35. The normalized spacial score (nSPS) is 13.8. The maximum atomic E-state index is 12.9. The van der Waals surface area contributed by atoms with Gasteiger partial charge in [-0.05, 0) is 54.6 Å². The van der Waals surface area contributed by atoms with E-state index < -0.39 is 0 Å². The summed E-state index contributed by atoms with van der Waals surface area (Å²) >= 11 is 19.0. The van der Waals surface area contributed by atoms with Gasteiger partial charge in [0.25, 0.3) is 5.91 Å². The van der Waals surface area contributed by atoms with E-state index in [0.717, 1.165) is 5.69 Å². The maximum Gasteiger partial charge on any atom is 0.255 e. The van der Waals surface area contributed by atoms with Crippen molar-refractivity contribution in [3.8, 4) is 17.1 Å². The molecule has 0 unspecified atom stereocenters. The predicted octanol–water partition coefficient (Wildman–Crippen LogP) is 5.80. The highest BCUT2D eigenvalue weighted by Gasteiger charge is 2.27. The quantitative estimate of drug-likeness (QED) is 0.274. The van der Waals surface area contributed by atoms with Gasteiger partial charge in [-0.3, -0.25) is 14.3 Å². The molecule has 0 N–H and O–H groups in total. The number of halogens is 3. The van der Waals surface area contributed by atoms with E-state index in [1.807, 2.05) is 39.8 Å². The van der Waals surface area contributed by atoms with E-state index in [0.29, 0.717) is 75.2 Å².